The summed E-state index contributed by atoms with van der Waals surface area (Å²) in [5.41, 5.74) is 1.93. The van der Waals surface area contributed by atoms with Gasteiger partial charge in [-0.15, -0.1) is 0 Å². The van der Waals surface area contributed by atoms with Gasteiger partial charge in [0, 0.05) is 45.3 Å². The molecule has 0 unspecified atom stereocenters. The molecule has 0 saturated carbocycles. The first-order valence-corrected chi connectivity index (χ1v) is 12.1. The molecular formula is C25H33N5O3. The quantitative estimate of drug-likeness (QED) is 0.669. The van der Waals surface area contributed by atoms with Crippen molar-refractivity contribution < 1.29 is 14.3 Å². The van der Waals surface area contributed by atoms with Crippen molar-refractivity contribution >= 4 is 12.0 Å². The van der Waals surface area contributed by atoms with E-state index in [4.69, 9.17) is 14.5 Å². The number of anilines is 1. The van der Waals surface area contributed by atoms with Crippen LogP contribution in [0.5, 0.6) is 0 Å². The van der Waals surface area contributed by atoms with Crippen LogP contribution in [0, 0.1) is 0 Å². The highest BCUT2D eigenvalue weighted by Crippen LogP contribution is 2.33. The molecule has 0 N–H and O–H groups in total. The number of amides is 1. The first-order chi connectivity index (χ1) is 16.2. The molecule has 5 rings (SSSR count). The molecule has 4 heterocycles. The molecule has 0 bridgehead atoms. The predicted octanol–water partition coefficient (Wildman–Crippen LogP) is 2.73. The SMILES string of the molecule is O=C1O[C@@]2(CCCN(Cc3ccnc(N4CCOCC4)n3)CC2)CN1CCc1ccccc1. The first-order valence-electron chi connectivity index (χ1n) is 12.1. The minimum absolute atomic E-state index is 0.162. The number of rotatable bonds is 6. The number of hydrogen-bond donors (Lipinski definition) is 0. The van der Waals surface area contributed by atoms with Crippen LogP contribution in [-0.4, -0.2) is 83.9 Å². The van der Waals surface area contributed by atoms with Gasteiger partial charge in [0.1, 0.15) is 5.60 Å². The molecule has 3 aliphatic rings. The third-order valence-corrected chi connectivity index (χ3v) is 6.92. The van der Waals surface area contributed by atoms with Crippen molar-refractivity contribution in [2.24, 2.45) is 0 Å². The van der Waals surface area contributed by atoms with E-state index in [0.717, 1.165) is 83.3 Å². The zero-order valence-electron chi connectivity index (χ0n) is 19.2. The van der Waals surface area contributed by atoms with Crippen LogP contribution < -0.4 is 4.90 Å². The lowest BCUT2D eigenvalue weighted by Gasteiger charge is -2.27. The summed E-state index contributed by atoms with van der Waals surface area (Å²) in [5, 5.41) is 0. The fraction of sp³-hybridized carbons (Fsp3) is 0.560. The molecule has 1 spiro atoms. The van der Waals surface area contributed by atoms with Gasteiger partial charge in [0.15, 0.2) is 0 Å². The van der Waals surface area contributed by atoms with Crippen LogP contribution in [0.3, 0.4) is 0 Å². The van der Waals surface area contributed by atoms with Crippen molar-refractivity contribution in [2.45, 2.75) is 37.8 Å². The maximum absolute atomic E-state index is 12.6. The van der Waals surface area contributed by atoms with Crippen LogP contribution in [-0.2, 0) is 22.4 Å². The van der Waals surface area contributed by atoms with Crippen LogP contribution in [0.15, 0.2) is 42.6 Å². The zero-order valence-corrected chi connectivity index (χ0v) is 19.2. The molecule has 8 heteroatoms. The number of nitrogens with zero attached hydrogens (tertiary/aromatic N) is 5. The number of carbonyl (C=O) groups is 1. The molecule has 1 amide bonds. The molecule has 2 aromatic rings. The summed E-state index contributed by atoms with van der Waals surface area (Å²) < 4.78 is 11.4. The minimum Gasteiger partial charge on any atom is -0.441 e. The largest absolute Gasteiger partial charge is 0.441 e. The molecule has 3 fully saturated rings. The number of carbonyl (C=O) groups excluding carboxylic acids is 1. The van der Waals surface area contributed by atoms with Gasteiger partial charge in [-0.1, -0.05) is 30.3 Å². The van der Waals surface area contributed by atoms with Gasteiger partial charge in [-0.25, -0.2) is 14.8 Å². The van der Waals surface area contributed by atoms with Crippen molar-refractivity contribution in [2.75, 3.05) is 57.4 Å². The molecule has 1 aromatic carbocycles. The molecule has 0 aliphatic carbocycles. The van der Waals surface area contributed by atoms with Gasteiger partial charge in [-0.05, 0) is 37.4 Å². The second kappa shape index (κ2) is 10.1. The highest BCUT2D eigenvalue weighted by Gasteiger charge is 2.45. The van der Waals surface area contributed by atoms with Crippen molar-refractivity contribution in [3.05, 3.63) is 53.9 Å². The Kier molecular flexibility index (Phi) is 6.73. The van der Waals surface area contributed by atoms with Crippen molar-refractivity contribution in [3.63, 3.8) is 0 Å². The van der Waals surface area contributed by atoms with Crippen LogP contribution in [0.2, 0.25) is 0 Å². The summed E-state index contributed by atoms with van der Waals surface area (Å²) in [5.74, 6) is 0.792. The number of morpholine rings is 1. The number of benzene rings is 1. The summed E-state index contributed by atoms with van der Waals surface area (Å²) in [6.45, 7) is 7.20. The predicted molar refractivity (Wildman–Crippen MR) is 125 cm³/mol. The topological polar surface area (TPSA) is 71.0 Å². The van der Waals surface area contributed by atoms with Crippen LogP contribution in [0.4, 0.5) is 10.7 Å². The summed E-state index contributed by atoms with van der Waals surface area (Å²) in [7, 11) is 0. The Bertz CT molecular complexity index is 937. The van der Waals surface area contributed by atoms with E-state index in [1.165, 1.54) is 5.56 Å². The van der Waals surface area contributed by atoms with Gasteiger partial charge < -0.3 is 19.3 Å². The second-order valence-electron chi connectivity index (χ2n) is 9.29. The average Bonchev–Trinajstić information content (AvgIpc) is 3.04. The Morgan fingerprint density at radius 2 is 1.85 bits per heavy atom. The van der Waals surface area contributed by atoms with Gasteiger partial charge in [0.05, 0.1) is 25.5 Å². The number of aromatic nitrogens is 2. The monoisotopic (exact) mass is 451 g/mol. The highest BCUT2D eigenvalue weighted by molar-refractivity contribution is 5.70. The lowest BCUT2D eigenvalue weighted by atomic mass is 9.95. The molecule has 3 saturated heterocycles. The van der Waals surface area contributed by atoms with E-state index >= 15 is 0 Å². The first kappa shape index (κ1) is 22.1. The molecule has 33 heavy (non-hydrogen) atoms. The van der Waals surface area contributed by atoms with Gasteiger partial charge in [-0.2, -0.15) is 0 Å². The van der Waals surface area contributed by atoms with E-state index in [9.17, 15) is 4.79 Å². The van der Waals surface area contributed by atoms with E-state index in [1.54, 1.807) is 0 Å². The Labute approximate surface area is 195 Å². The molecular weight excluding hydrogens is 418 g/mol. The lowest BCUT2D eigenvalue weighted by molar-refractivity contribution is 0.0442. The third kappa shape index (κ3) is 5.45. The molecule has 176 valence electrons. The van der Waals surface area contributed by atoms with Crippen LogP contribution in [0.25, 0.3) is 0 Å². The highest BCUT2D eigenvalue weighted by atomic mass is 16.6. The maximum Gasteiger partial charge on any atom is 0.410 e. The number of likely N-dealkylation sites (tertiary alicyclic amines) is 1. The van der Waals surface area contributed by atoms with Gasteiger partial charge >= 0.3 is 6.09 Å². The van der Waals surface area contributed by atoms with Crippen LogP contribution in [0.1, 0.15) is 30.5 Å². The summed E-state index contributed by atoms with van der Waals surface area (Å²) in [6, 6.07) is 12.3. The lowest BCUT2D eigenvalue weighted by Crippen LogP contribution is -2.37. The fourth-order valence-electron chi connectivity index (χ4n) is 5.03. The maximum atomic E-state index is 12.6. The Morgan fingerprint density at radius 1 is 1.00 bits per heavy atom. The van der Waals surface area contributed by atoms with E-state index in [0.29, 0.717) is 13.1 Å². The molecule has 1 atom stereocenters. The van der Waals surface area contributed by atoms with Crippen molar-refractivity contribution in [3.8, 4) is 0 Å². The van der Waals surface area contributed by atoms with Crippen molar-refractivity contribution in [1.82, 2.24) is 19.8 Å². The Hall–Kier alpha value is -2.71. The number of hydrogen-bond acceptors (Lipinski definition) is 7. The van der Waals surface area contributed by atoms with E-state index in [-0.39, 0.29) is 11.7 Å². The van der Waals surface area contributed by atoms with Crippen LogP contribution >= 0.6 is 0 Å². The smallest absolute Gasteiger partial charge is 0.410 e. The summed E-state index contributed by atoms with van der Waals surface area (Å²) >= 11 is 0. The zero-order chi connectivity index (χ0) is 22.5. The standard InChI is InChI=1S/C25H33N5O3/c31-24-30(13-8-21-5-2-1-3-6-21)20-25(33-24)9-4-12-28(14-10-25)19-22-7-11-26-23(27-22)29-15-17-32-18-16-29/h1-3,5-7,11H,4,8-10,12-20H2/t25-/m1/s1. The van der Waals surface area contributed by atoms with Crippen molar-refractivity contribution in [1.29, 1.82) is 0 Å². The van der Waals surface area contributed by atoms with Gasteiger partial charge in [-0.3, -0.25) is 4.90 Å². The number of ether oxygens (including phenoxy) is 2. The van der Waals surface area contributed by atoms with E-state index in [1.807, 2.05) is 35.4 Å². The normalized spacial score (nSPS) is 24.2. The van der Waals surface area contributed by atoms with Gasteiger partial charge in [0.2, 0.25) is 5.95 Å². The minimum atomic E-state index is -0.354. The fourth-order valence-corrected chi connectivity index (χ4v) is 5.03. The molecule has 3 aliphatic heterocycles. The Morgan fingerprint density at radius 3 is 2.70 bits per heavy atom. The summed E-state index contributed by atoms with van der Waals surface area (Å²) in [6.07, 6.45) is 5.35. The second-order valence-corrected chi connectivity index (χ2v) is 9.29. The summed E-state index contributed by atoms with van der Waals surface area (Å²) in [4.78, 5) is 28.4. The molecule has 1 aromatic heterocycles. The molecule has 8 nitrogen and oxygen atoms in total. The van der Waals surface area contributed by atoms with Gasteiger partial charge in [0.25, 0.3) is 0 Å². The molecule has 0 radical (unpaired) electrons. The van der Waals surface area contributed by atoms with E-state index in [2.05, 4.69) is 26.9 Å². The van der Waals surface area contributed by atoms with E-state index < -0.39 is 0 Å². The average molecular weight is 452 g/mol. The Balaban J connectivity index is 1.16. The third-order valence-electron chi connectivity index (χ3n) is 6.92.